The lowest BCUT2D eigenvalue weighted by Crippen LogP contribution is -2.42. The van der Waals surface area contributed by atoms with Gasteiger partial charge in [0.1, 0.15) is 5.75 Å². The van der Waals surface area contributed by atoms with Gasteiger partial charge in [-0.25, -0.2) is 0 Å². The van der Waals surface area contributed by atoms with E-state index in [0.29, 0.717) is 19.0 Å². The number of hydrogen-bond acceptors (Lipinski definition) is 4. The molecular weight excluding hydrogens is 336 g/mol. The molecule has 0 aliphatic carbocycles. The summed E-state index contributed by atoms with van der Waals surface area (Å²) in [5.41, 5.74) is 2.27. The second kappa shape index (κ2) is 9.68. The van der Waals surface area contributed by atoms with Crippen LogP contribution in [0.3, 0.4) is 0 Å². The number of nitrogens with zero attached hydrogens (tertiary/aromatic N) is 1. The van der Waals surface area contributed by atoms with Crippen LogP contribution in [0.5, 0.6) is 5.75 Å². The molecule has 0 atom stereocenters. The van der Waals surface area contributed by atoms with E-state index in [1.54, 1.807) is 25.5 Å². The predicted octanol–water partition coefficient (Wildman–Crippen LogP) is 2.05. The van der Waals surface area contributed by atoms with Crippen molar-refractivity contribution in [2.24, 2.45) is 4.99 Å². The molecule has 0 bridgehead atoms. The molecule has 0 spiro atoms. The van der Waals surface area contributed by atoms with Crippen LogP contribution in [0.25, 0.3) is 0 Å². The van der Waals surface area contributed by atoms with Crippen molar-refractivity contribution in [3.63, 3.8) is 0 Å². The molecule has 0 aliphatic rings. The van der Waals surface area contributed by atoms with E-state index < -0.39 is 0 Å². The summed E-state index contributed by atoms with van der Waals surface area (Å²) in [4.78, 5) is 17.4. The highest BCUT2D eigenvalue weighted by molar-refractivity contribution is 7.10. The van der Waals surface area contributed by atoms with Crippen molar-refractivity contribution in [1.82, 2.24) is 16.0 Å². The lowest BCUT2D eigenvalue weighted by Gasteiger charge is -2.12. The van der Waals surface area contributed by atoms with Crippen molar-refractivity contribution in [1.29, 1.82) is 0 Å². The molecule has 0 saturated carbocycles. The first kappa shape index (κ1) is 18.8. The van der Waals surface area contributed by atoms with Crippen LogP contribution in [0.2, 0.25) is 0 Å². The summed E-state index contributed by atoms with van der Waals surface area (Å²) >= 11 is 1.70. The molecule has 1 aromatic heterocycles. The molecule has 3 N–H and O–H groups in total. The average Bonchev–Trinajstić information content (AvgIpc) is 3.05. The first-order valence-corrected chi connectivity index (χ1v) is 8.87. The third kappa shape index (κ3) is 6.11. The van der Waals surface area contributed by atoms with Crippen LogP contribution in [0.15, 0.2) is 40.7 Å². The monoisotopic (exact) mass is 360 g/mol. The fourth-order valence-corrected chi connectivity index (χ4v) is 2.99. The number of methoxy groups -OCH3 is 1. The molecule has 0 radical (unpaired) electrons. The Balaban J connectivity index is 1.71. The summed E-state index contributed by atoms with van der Waals surface area (Å²) in [6.45, 7) is 3.41. The highest BCUT2D eigenvalue weighted by atomic mass is 32.1. The Morgan fingerprint density at radius 1 is 1.12 bits per heavy atom. The second-order valence-electron chi connectivity index (χ2n) is 5.43. The van der Waals surface area contributed by atoms with Crippen LogP contribution in [0, 0.1) is 6.92 Å². The zero-order valence-corrected chi connectivity index (χ0v) is 15.6. The van der Waals surface area contributed by atoms with E-state index in [4.69, 9.17) is 4.74 Å². The van der Waals surface area contributed by atoms with E-state index in [1.165, 1.54) is 10.4 Å². The van der Waals surface area contributed by atoms with Crippen LogP contribution >= 0.6 is 11.3 Å². The van der Waals surface area contributed by atoms with Gasteiger partial charge in [-0.2, -0.15) is 0 Å². The maximum Gasteiger partial charge on any atom is 0.239 e. The van der Waals surface area contributed by atoms with Gasteiger partial charge in [-0.05, 0) is 41.6 Å². The number of thiophene rings is 1. The van der Waals surface area contributed by atoms with Gasteiger partial charge in [0.2, 0.25) is 5.91 Å². The molecule has 134 valence electrons. The number of ether oxygens (including phenoxy) is 1. The van der Waals surface area contributed by atoms with Gasteiger partial charge in [-0.1, -0.05) is 12.1 Å². The first-order chi connectivity index (χ1) is 12.1. The minimum absolute atomic E-state index is 0.0916. The normalized spacial score (nSPS) is 11.1. The molecule has 0 unspecified atom stereocenters. The fourth-order valence-electron chi connectivity index (χ4n) is 2.14. The number of guanidine groups is 1. The van der Waals surface area contributed by atoms with Gasteiger partial charge < -0.3 is 20.7 Å². The maximum atomic E-state index is 12.0. The number of carbonyl (C=O) groups is 1. The third-order valence-corrected chi connectivity index (χ3v) is 4.70. The predicted molar refractivity (Wildman–Crippen MR) is 102 cm³/mol. The topological polar surface area (TPSA) is 74.8 Å². The Hall–Kier alpha value is -2.54. The highest BCUT2D eigenvalue weighted by Gasteiger charge is 2.05. The average molecular weight is 360 g/mol. The van der Waals surface area contributed by atoms with Crippen LogP contribution in [0.4, 0.5) is 0 Å². The van der Waals surface area contributed by atoms with E-state index in [-0.39, 0.29) is 12.5 Å². The standard InChI is InChI=1S/C18H24N4O2S/c1-13-8-9-25-16(13)11-21-18(19-2)22-12-17(23)20-10-14-4-6-15(24-3)7-5-14/h4-9H,10-12H2,1-3H3,(H,20,23)(H2,19,21,22). The lowest BCUT2D eigenvalue weighted by molar-refractivity contribution is -0.120. The number of aliphatic imine (C=N–C) groups is 1. The van der Waals surface area contributed by atoms with Gasteiger partial charge in [-0.15, -0.1) is 11.3 Å². The van der Waals surface area contributed by atoms with E-state index in [2.05, 4.69) is 39.3 Å². The molecule has 1 aromatic carbocycles. The molecule has 6 nitrogen and oxygen atoms in total. The van der Waals surface area contributed by atoms with E-state index in [1.807, 2.05) is 24.3 Å². The van der Waals surface area contributed by atoms with Gasteiger partial charge >= 0.3 is 0 Å². The van der Waals surface area contributed by atoms with Gasteiger partial charge in [-0.3, -0.25) is 9.79 Å². The molecule has 2 rings (SSSR count). The Morgan fingerprint density at radius 2 is 1.88 bits per heavy atom. The summed E-state index contributed by atoms with van der Waals surface area (Å²) in [5.74, 6) is 1.31. The highest BCUT2D eigenvalue weighted by Crippen LogP contribution is 2.14. The molecular formula is C18H24N4O2S. The number of hydrogen-bond donors (Lipinski definition) is 3. The minimum Gasteiger partial charge on any atom is -0.497 e. The van der Waals surface area contributed by atoms with E-state index >= 15 is 0 Å². The van der Waals surface area contributed by atoms with Gasteiger partial charge in [0.05, 0.1) is 20.2 Å². The molecule has 25 heavy (non-hydrogen) atoms. The lowest BCUT2D eigenvalue weighted by atomic mass is 10.2. The molecule has 1 heterocycles. The Labute approximate surface area is 152 Å². The fraction of sp³-hybridized carbons (Fsp3) is 0.333. The second-order valence-corrected chi connectivity index (χ2v) is 6.43. The largest absolute Gasteiger partial charge is 0.497 e. The Morgan fingerprint density at radius 3 is 2.48 bits per heavy atom. The van der Waals surface area contributed by atoms with Crippen LogP contribution < -0.4 is 20.7 Å². The molecule has 2 aromatic rings. The van der Waals surface area contributed by atoms with E-state index in [0.717, 1.165) is 11.3 Å². The summed E-state index contributed by atoms with van der Waals surface area (Å²) in [5, 5.41) is 11.2. The Kier molecular flexibility index (Phi) is 7.28. The third-order valence-electron chi connectivity index (χ3n) is 3.67. The number of amides is 1. The molecule has 0 saturated heterocycles. The first-order valence-electron chi connectivity index (χ1n) is 7.99. The summed E-state index contributed by atoms with van der Waals surface area (Å²) in [6, 6.07) is 9.69. The summed E-state index contributed by atoms with van der Waals surface area (Å²) in [7, 11) is 3.31. The van der Waals surface area contributed by atoms with Gasteiger partial charge in [0, 0.05) is 18.5 Å². The van der Waals surface area contributed by atoms with Crippen molar-refractivity contribution in [3.05, 3.63) is 51.7 Å². The Bertz CT molecular complexity index is 710. The van der Waals surface area contributed by atoms with Crippen LogP contribution in [-0.2, 0) is 17.9 Å². The number of benzene rings is 1. The number of rotatable bonds is 7. The van der Waals surface area contributed by atoms with Crippen molar-refractivity contribution in [2.45, 2.75) is 20.0 Å². The molecule has 1 amide bonds. The van der Waals surface area contributed by atoms with Gasteiger partial charge in [0.15, 0.2) is 5.96 Å². The minimum atomic E-state index is -0.0916. The zero-order valence-electron chi connectivity index (χ0n) is 14.8. The van der Waals surface area contributed by atoms with Crippen LogP contribution in [0.1, 0.15) is 16.0 Å². The molecule has 0 aliphatic heterocycles. The van der Waals surface area contributed by atoms with Crippen molar-refractivity contribution >= 4 is 23.2 Å². The smallest absolute Gasteiger partial charge is 0.239 e. The van der Waals surface area contributed by atoms with Crippen molar-refractivity contribution < 1.29 is 9.53 Å². The summed E-state index contributed by atoms with van der Waals surface area (Å²) < 4.78 is 5.11. The number of carbonyl (C=O) groups excluding carboxylic acids is 1. The molecule has 7 heteroatoms. The quantitative estimate of drug-likeness (QED) is 0.522. The van der Waals surface area contributed by atoms with Crippen LogP contribution in [-0.4, -0.2) is 32.6 Å². The van der Waals surface area contributed by atoms with Gasteiger partial charge in [0.25, 0.3) is 0 Å². The van der Waals surface area contributed by atoms with Crippen molar-refractivity contribution in [3.8, 4) is 5.75 Å². The molecule has 0 fully saturated rings. The maximum absolute atomic E-state index is 12.0. The van der Waals surface area contributed by atoms with Crippen molar-refractivity contribution in [2.75, 3.05) is 20.7 Å². The van der Waals surface area contributed by atoms with E-state index in [9.17, 15) is 4.79 Å². The summed E-state index contributed by atoms with van der Waals surface area (Å²) in [6.07, 6.45) is 0. The number of nitrogens with one attached hydrogen (secondary N) is 3. The zero-order chi connectivity index (χ0) is 18.1. The SMILES string of the molecule is CN=C(NCC(=O)NCc1ccc(OC)cc1)NCc1sccc1C. The number of aryl methyl sites for hydroxylation is 1.